The summed E-state index contributed by atoms with van der Waals surface area (Å²) in [5.41, 5.74) is 5.71. The molecular weight excluding hydrogens is 266 g/mol. The highest BCUT2D eigenvalue weighted by molar-refractivity contribution is 7.07. The number of thiazole rings is 1. The second kappa shape index (κ2) is 6.46. The highest BCUT2D eigenvalue weighted by Gasteiger charge is 2.19. The van der Waals surface area contributed by atoms with Crippen LogP contribution in [0.4, 0.5) is 0 Å². The molecule has 1 aliphatic heterocycles. The van der Waals surface area contributed by atoms with Crippen molar-refractivity contribution in [3.05, 3.63) is 46.2 Å². The third-order valence-corrected chi connectivity index (χ3v) is 4.70. The molecule has 20 heavy (non-hydrogen) atoms. The van der Waals surface area contributed by atoms with Gasteiger partial charge in [0, 0.05) is 23.8 Å². The van der Waals surface area contributed by atoms with Gasteiger partial charge in [0.05, 0.1) is 11.2 Å². The van der Waals surface area contributed by atoms with E-state index in [1.165, 1.54) is 43.6 Å². The fourth-order valence-corrected chi connectivity index (χ4v) is 3.51. The minimum absolute atomic E-state index is 0.823. The molecule has 3 rings (SSSR count). The zero-order chi connectivity index (χ0) is 13.8. The normalized spacial score (nSPS) is 17.4. The van der Waals surface area contributed by atoms with Gasteiger partial charge in [-0.1, -0.05) is 0 Å². The van der Waals surface area contributed by atoms with Gasteiger partial charge in [-0.05, 0) is 62.9 Å². The first kappa shape index (κ1) is 13.7. The Bertz CT molecular complexity index is 530. The average molecular weight is 287 g/mol. The third-order valence-electron chi connectivity index (χ3n) is 4.06. The molecule has 2 aromatic rings. The van der Waals surface area contributed by atoms with Gasteiger partial charge in [0.15, 0.2) is 0 Å². The Morgan fingerprint density at radius 1 is 1.30 bits per heavy atom. The SMILES string of the molecule is Cc1cc(CC2CCN(Cc3cscn3)CC2)ccn1. The van der Waals surface area contributed by atoms with Gasteiger partial charge in [-0.15, -0.1) is 11.3 Å². The maximum Gasteiger partial charge on any atom is 0.0795 e. The monoisotopic (exact) mass is 287 g/mol. The van der Waals surface area contributed by atoms with Crippen LogP contribution in [-0.2, 0) is 13.0 Å². The zero-order valence-corrected chi connectivity index (χ0v) is 12.8. The summed E-state index contributed by atoms with van der Waals surface area (Å²) in [5.74, 6) is 0.823. The van der Waals surface area contributed by atoms with Crippen molar-refractivity contribution in [1.82, 2.24) is 14.9 Å². The molecule has 0 aromatic carbocycles. The third kappa shape index (κ3) is 3.64. The van der Waals surface area contributed by atoms with E-state index in [1.54, 1.807) is 11.3 Å². The molecule has 0 spiro atoms. The zero-order valence-electron chi connectivity index (χ0n) is 12.0. The largest absolute Gasteiger partial charge is 0.297 e. The van der Waals surface area contributed by atoms with Crippen LogP contribution >= 0.6 is 11.3 Å². The van der Waals surface area contributed by atoms with Gasteiger partial charge >= 0.3 is 0 Å². The lowest BCUT2D eigenvalue weighted by Crippen LogP contribution is -2.33. The van der Waals surface area contributed by atoms with Gasteiger partial charge in [-0.2, -0.15) is 0 Å². The van der Waals surface area contributed by atoms with E-state index < -0.39 is 0 Å². The van der Waals surface area contributed by atoms with Gasteiger partial charge < -0.3 is 0 Å². The number of aromatic nitrogens is 2. The number of aryl methyl sites for hydroxylation is 1. The van der Waals surface area contributed by atoms with Crippen molar-refractivity contribution in [2.45, 2.75) is 32.7 Å². The van der Waals surface area contributed by atoms with E-state index in [0.29, 0.717) is 0 Å². The van der Waals surface area contributed by atoms with E-state index in [4.69, 9.17) is 0 Å². The van der Waals surface area contributed by atoms with Crippen LogP contribution in [0.3, 0.4) is 0 Å². The molecule has 0 amide bonds. The van der Waals surface area contributed by atoms with Gasteiger partial charge in [0.1, 0.15) is 0 Å². The van der Waals surface area contributed by atoms with Gasteiger partial charge in [-0.3, -0.25) is 9.88 Å². The van der Waals surface area contributed by atoms with Crippen LogP contribution < -0.4 is 0 Å². The summed E-state index contributed by atoms with van der Waals surface area (Å²) < 4.78 is 0. The minimum atomic E-state index is 0.823. The maximum atomic E-state index is 4.38. The van der Waals surface area contributed by atoms with E-state index in [0.717, 1.165) is 18.2 Å². The first-order valence-electron chi connectivity index (χ1n) is 7.30. The summed E-state index contributed by atoms with van der Waals surface area (Å²) in [6, 6.07) is 4.39. The van der Waals surface area contributed by atoms with Gasteiger partial charge in [-0.25, -0.2) is 4.98 Å². The van der Waals surface area contributed by atoms with Crippen LogP contribution in [0.1, 0.15) is 29.8 Å². The molecule has 0 aliphatic carbocycles. The fourth-order valence-electron chi connectivity index (χ4n) is 2.96. The Labute approximate surface area is 124 Å². The van der Waals surface area contributed by atoms with Crippen LogP contribution in [0.15, 0.2) is 29.2 Å². The summed E-state index contributed by atoms with van der Waals surface area (Å²) in [4.78, 5) is 11.2. The molecule has 1 aliphatic rings. The average Bonchev–Trinajstić information content (AvgIpc) is 2.94. The smallest absolute Gasteiger partial charge is 0.0795 e. The minimum Gasteiger partial charge on any atom is -0.297 e. The fraction of sp³-hybridized carbons (Fsp3) is 0.500. The molecule has 4 heteroatoms. The van der Waals surface area contributed by atoms with Crippen molar-refractivity contribution in [2.24, 2.45) is 5.92 Å². The van der Waals surface area contributed by atoms with Crippen molar-refractivity contribution in [1.29, 1.82) is 0 Å². The summed E-state index contributed by atoms with van der Waals surface area (Å²) >= 11 is 1.69. The van der Waals surface area contributed by atoms with Crippen molar-refractivity contribution in [2.75, 3.05) is 13.1 Å². The molecule has 0 N–H and O–H groups in total. The van der Waals surface area contributed by atoms with E-state index in [2.05, 4.69) is 39.3 Å². The molecule has 0 radical (unpaired) electrons. The molecule has 1 fully saturated rings. The highest BCUT2D eigenvalue weighted by Crippen LogP contribution is 2.22. The lowest BCUT2D eigenvalue weighted by molar-refractivity contribution is 0.175. The van der Waals surface area contributed by atoms with Crippen LogP contribution in [0.25, 0.3) is 0 Å². The van der Waals surface area contributed by atoms with Crippen molar-refractivity contribution in [3.8, 4) is 0 Å². The quantitative estimate of drug-likeness (QED) is 0.864. The summed E-state index contributed by atoms with van der Waals surface area (Å²) in [5, 5.41) is 2.16. The van der Waals surface area contributed by atoms with E-state index in [9.17, 15) is 0 Å². The number of hydrogen-bond acceptors (Lipinski definition) is 4. The Hall–Kier alpha value is -1.26. The Morgan fingerprint density at radius 2 is 2.15 bits per heavy atom. The predicted octanol–water partition coefficient (Wildman–Crippen LogP) is 3.30. The second-order valence-corrected chi connectivity index (χ2v) is 6.43. The molecular formula is C16H21N3S. The predicted molar refractivity (Wildman–Crippen MR) is 82.8 cm³/mol. The van der Waals surface area contributed by atoms with Crippen molar-refractivity contribution >= 4 is 11.3 Å². The first-order chi connectivity index (χ1) is 9.79. The summed E-state index contributed by atoms with van der Waals surface area (Å²) in [7, 11) is 0. The summed E-state index contributed by atoms with van der Waals surface area (Å²) in [6.07, 6.45) is 5.73. The van der Waals surface area contributed by atoms with Crippen LogP contribution in [0.5, 0.6) is 0 Å². The molecule has 0 bridgehead atoms. The molecule has 0 atom stereocenters. The van der Waals surface area contributed by atoms with E-state index >= 15 is 0 Å². The number of piperidine rings is 1. The number of rotatable bonds is 4. The Morgan fingerprint density at radius 3 is 2.85 bits per heavy atom. The van der Waals surface area contributed by atoms with E-state index in [1.807, 2.05) is 11.7 Å². The molecule has 3 heterocycles. The number of nitrogens with zero attached hydrogens (tertiary/aromatic N) is 3. The number of hydrogen-bond donors (Lipinski definition) is 0. The lowest BCUT2D eigenvalue weighted by Gasteiger charge is -2.31. The van der Waals surface area contributed by atoms with Crippen LogP contribution in [0, 0.1) is 12.8 Å². The van der Waals surface area contributed by atoms with Gasteiger partial charge in [0.25, 0.3) is 0 Å². The molecule has 106 valence electrons. The topological polar surface area (TPSA) is 29.0 Å². The molecule has 1 saturated heterocycles. The molecule has 2 aromatic heterocycles. The molecule has 0 unspecified atom stereocenters. The number of likely N-dealkylation sites (tertiary alicyclic amines) is 1. The number of pyridine rings is 1. The van der Waals surface area contributed by atoms with Crippen LogP contribution in [-0.4, -0.2) is 28.0 Å². The Kier molecular flexibility index (Phi) is 4.43. The molecule has 3 nitrogen and oxygen atoms in total. The van der Waals surface area contributed by atoms with Crippen molar-refractivity contribution in [3.63, 3.8) is 0 Å². The second-order valence-electron chi connectivity index (χ2n) is 5.71. The standard InChI is InChI=1S/C16H21N3S/c1-13-8-15(2-5-17-13)9-14-3-6-19(7-4-14)10-16-11-20-12-18-16/h2,5,8,11-12,14H,3-4,6-7,9-10H2,1H3. The highest BCUT2D eigenvalue weighted by atomic mass is 32.1. The maximum absolute atomic E-state index is 4.38. The van der Waals surface area contributed by atoms with Gasteiger partial charge in [0.2, 0.25) is 0 Å². The van der Waals surface area contributed by atoms with Crippen LogP contribution in [0.2, 0.25) is 0 Å². The lowest BCUT2D eigenvalue weighted by atomic mass is 9.90. The first-order valence-corrected chi connectivity index (χ1v) is 8.25. The van der Waals surface area contributed by atoms with E-state index in [-0.39, 0.29) is 0 Å². The Balaban J connectivity index is 1.48. The molecule has 0 saturated carbocycles. The van der Waals surface area contributed by atoms with Crippen molar-refractivity contribution < 1.29 is 0 Å². The summed E-state index contributed by atoms with van der Waals surface area (Å²) in [6.45, 7) is 5.49.